The number of amides is 1. The molecular formula is C16H22N2O2. The van der Waals surface area contributed by atoms with Crippen molar-refractivity contribution in [3.8, 4) is 5.75 Å². The summed E-state index contributed by atoms with van der Waals surface area (Å²) in [5, 5.41) is 4.24. The second-order valence-corrected chi connectivity index (χ2v) is 5.24. The van der Waals surface area contributed by atoms with Gasteiger partial charge < -0.3 is 4.74 Å². The molecule has 0 aromatic heterocycles. The zero-order chi connectivity index (χ0) is 14.4. The summed E-state index contributed by atoms with van der Waals surface area (Å²) in [6, 6.07) is 7.65. The molecule has 1 aliphatic carbocycles. The van der Waals surface area contributed by atoms with E-state index >= 15 is 0 Å². The third-order valence-corrected chi connectivity index (χ3v) is 3.63. The van der Waals surface area contributed by atoms with E-state index in [-0.39, 0.29) is 12.5 Å². The topological polar surface area (TPSA) is 50.7 Å². The Bertz CT molecular complexity index is 497. The third-order valence-electron chi connectivity index (χ3n) is 3.63. The highest BCUT2D eigenvalue weighted by atomic mass is 16.5. The number of hydrogen-bond acceptors (Lipinski definition) is 3. The molecule has 4 heteroatoms. The molecule has 108 valence electrons. The van der Waals surface area contributed by atoms with Crippen LogP contribution in [0.1, 0.15) is 38.2 Å². The van der Waals surface area contributed by atoms with Gasteiger partial charge in [0.2, 0.25) is 0 Å². The van der Waals surface area contributed by atoms with E-state index in [9.17, 15) is 4.79 Å². The van der Waals surface area contributed by atoms with Gasteiger partial charge in [0.15, 0.2) is 6.61 Å². The fraction of sp³-hybridized carbons (Fsp3) is 0.500. The number of hydrazone groups is 1. The van der Waals surface area contributed by atoms with Crippen LogP contribution in [0.2, 0.25) is 0 Å². The maximum atomic E-state index is 11.7. The molecule has 1 atom stereocenters. The normalized spacial score (nSPS) is 20.1. The summed E-state index contributed by atoms with van der Waals surface area (Å²) in [5.74, 6) is 1.04. The van der Waals surface area contributed by atoms with E-state index in [1.54, 1.807) is 0 Å². The molecule has 0 spiro atoms. The smallest absolute Gasteiger partial charge is 0.277 e. The predicted octanol–water partition coefficient (Wildman–Crippen LogP) is 3.06. The molecule has 20 heavy (non-hydrogen) atoms. The Labute approximate surface area is 120 Å². The Kier molecular flexibility index (Phi) is 5.16. The lowest BCUT2D eigenvalue weighted by molar-refractivity contribution is -0.123. The summed E-state index contributed by atoms with van der Waals surface area (Å²) < 4.78 is 5.44. The van der Waals surface area contributed by atoms with Gasteiger partial charge in [0, 0.05) is 5.71 Å². The first kappa shape index (κ1) is 14.6. The van der Waals surface area contributed by atoms with Crippen LogP contribution in [0.3, 0.4) is 0 Å². The number of rotatable bonds is 5. The van der Waals surface area contributed by atoms with Crippen LogP contribution >= 0.6 is 0 Å². The number of ether oxygens (including phenoxy) is 1. The summed E-state index contributed by atoms with van der Waals surface area (Å²) in [7, 11) is 0. The molecule has 4 nitrogen and oxygen atoms in total. The number of nitrogens with zero attached hydrogens (tertiary/aromatic N) is 1. The zero-order valence-corrected chi connectivity index (χ0v) is 12.2. The van der Waals surface area contributed by atoms with Crippen LogP contribution in [0.4, 0.5) is 0 Å². The van der Waals surface area contributed by atoms with E-state index < -0.39 is 0 Å². The van der Waals surface area contributed by atoms with Crippen LogP contribution in [0, 0.1) is 12.8 Å². The Morgan fingerprint density at radius 2 is 2.35 bits per heavy atom. The van der Waals surface area contributed by atoms with E-state index in [1.807, 2.05) is 31.2 Å². The average molecular weight is 274 g/mol. The van der Waals surface area contributed by atoms with Gasteiger partial charge in [-0.05, 0) is 56.2 Å². The van der Waals surface area contributed by atoms with Gasteiger partial charge in [0.25, 0.3) is 5.91 Å². The Morgan fingerprint density at radius 3 is 3.10 bits per heavy atom. The Morgan fingerprint density at radius 1 is 1.50 bits per heavy atom. The lowest BCUT2D eigenvalue weighted by Crippen LogP contribution is -2.26. The van der Waals surface area contributed by atoms with Crippen LogP contribution in [-0.2, 0) is 4.79 Å². The van der Waals surface area contributed by atoms with Crippen molar-refractivity contribution in [2.45, 2.75) is 39.5 Å². The molecule has 1 unspecified atom stereocenters. The number of carbonyl (C=O) groups is 1. The Balaban J connectivity index is 1.80. The van der Waals surface area contributed by atoms with E-state index in [0.29, 0.717) is 11.7 Å². The molecule has 0 aliphatic heterocycles. The number of hydrogen-bond donors (Lipinski definition) is 1. The van der Waals surface area contributed by atoms with Crippen LogP contribution < -0.4 is 10.2 Å². The molecule has 1 saturated carbocycles. The van der Waals surface area contributed by atoms with Crippen molar-refractivity contribution < 1.29 is 9.53 Å². The molecule has 2 rings (SSSR count). The lowest BCUT2D eigenvalue weighted by atomic mass is 10.0. The fourth-order valence-electron chi connectivity index (χ4n) is 2.51. The van der Waals surface area contributed by atoms with Crippen LogP contribution in [0.5, 0.6) is 5.75 Å². The summed E-state index contributed by atoms with van der Waals surface area (Å²) >= 11 is 0. The van der Waals surface area contributed by atoms with Gasteiger partial charge in [0.1, 0.15) is 5.75 Å². The highest BCUT2D eigenvalue weighted by molar-refractivity contribution is 5.89. The van der Waals surface area contributed by atoms with Gasteiger partial charge >= 0.3 is 0 Å². The second kappa shape index (κ2) is 7.08. The van der Waals surface area contributed by atoms with Crippen molar-refractivity contribution in [1.82, 2.24) is 5.43 Å². The molecule has 1 N–H and O–H groups in total. The van der Waals surface area contributed by atoms with Crippen LogP contribution in [0.25, 0.3) is 0 Å². The summed E-state index contributed by atoms with van der Waals surface area (Å²) in [4.78, 5) is 11.7. The molecule has 1 aromatic rings. The first-order valence-electron chi connectivity index (χ1n) is 7.23. The minimum atomic E-state index is -0.208. The van der Waals surface area contributed by atoms with Gasteiger partial charge in [-0.1, -0.05) is 19.1 Å². The molecule has 0 bridgehead atoms. The maximum absolute atomic E-state index is 11.7. The number of benzene rings is 1. The fourth-order valence-corrected chi connectivity index (χ4v) is 2.51. The third kappa shape index (κ3) is 4.08. The highest BCUT2D eigenvalue weighted by Crippen LogP contribution is 2.24. The maximum Gasteiger partial charge on any atom is 0.277 e. The number of nitrogens with one attached hydrogen (secondary N) is 1. The van der Waals surface area contributed by atoms with Crippen molar-refractivity contribution >= 4 is 11.6 Å². The summed E-state index contributed by atoms with van der Waals surface area (Å²) in [5.41, 5.74) is 4.83. The minimum Gasteiger partial charge on any atom is -0.484 e. The van der Waals surface area contributed by atoms with Crippen molar-refractivity contribution in [2.75, 3.05) is 6.61 Å². The van der Waals surface area contributed by atoms with Gasteiger partial charge in [-0.25, -0.2) is 5.43 Å². The predicted molar refractivity (Wildman–Crippen MR) is 79.9 cm³/mol. The largest absolute Gasteiger partial charge is 0.484 e. The van der Waals surface area contributed by atoms with Crippen molar-refractivity contribution in [1.29, 1.82) is 0 Å². The van der Waals surface area contributed by atoms with Crippen molar-refractivity contribution in [3.05, 3.63) is 29.8 Å². The van der Waals surface area contributed by atoms with Crippen LogP contribution in [0.15, 0.2) is 29.4 Å². The SMILES string of the molecule is CCC1CCCC1=NNC(=O)COc1cccc(C)c1. The molecule has 0 heterocycles. The number of carbonyl (C=O) groups excluding carboxylic acids is 1. The van der Waals surface area contributed by atoms with E-state index in [4.69, 9.17) is 4.74 Å². The molecule has 1 aliphatic rings. The molecule has 1 aromatic carbocycles. The number of aryl methyl sites for hydroxylation is 1. The zero-order valence-electron chi connectivity index (χ0n) is 12.2. The first-order chi connectivity index (χ1) is 9.69. The van der Waals surface area contributed by atoms with E-state index in [0.717, 1.165) is 24.1 Å². The quantitative estimate of drug-likeness (QED) is 0.839. The molecule has 1 fully saturated rings. The average Bonchev–Trinajstić information content (AvgIpc) is 2.90. The van der Waals surface area contributed by atoms with Gasteiger partial charge in [0.05, 0.1) is 0 Å². The monoisotopic (exact) mass is 274 g/mol. The first-order valence-corrected chi connectivity index (χ1v) is 7.23. The second-order valence-electron chi connectivity index (χ2n) is 5.24. The molecule has 1 amide bonds. The standard InChI is InChI=1S/C16H22N2O2/c1-3-13-7-5-9-15(13)17-18-16(19)11-20-14-8-4-6-12(2)10-14/h4,6,8,10,13H,3,5,7,9,11H2,1-2H3,(H,18,19). The van der Waals surface area contributed by atoms with E-state index in [1.165, 1.54) is 12.8 Å². The van der Waals surface area contributed by atoms with E-state index in [2.05, 4.69) is 17.5 Å². The lowest BCUT2D eigenvalue weighted by Gasteiger charge is -2.08. The van der Waals surface area contributed by atoms with Gasteiger partial charge in [-0.15, -0.1) is 0 Å². The van der Waals surface area contributed by atoms with Gasteiger partial charge in [-0.3, -0.25) is 4.79 Å². The molecular weight excluding hydrogens is 252 g/mol. The van der Waals surface area contributed by atoms with Crippen LogP contribution in [-0.4, -0.2) is 18.2 Å². The molecule has 0 radical (unpaired) electrons. The summed E-state index contributed by atoms with van der Waals surface area (Å²) in [6.07, 6.45) is 4.45. The van der Waals surface area contributed by atoms with Crippen molar-refractivity contribution in [3.63, 3.8) is 0 Å². The molecule has 0 saturated heterocycles. The Hall–Kier alpha value is -1.84. The minimum absolute atomic E-state index is 0.00295. The van der Waals surface area contributed by atoms with Gasteiger partial charge in [-0.2, -0.15) is 5.10 Å². The van der Waals surface area contributed by atoms with Crippen molar-refractivity contribution in [2.24, 2.45) is 11.0 Å². The highest BCUT2D eigenvalue weighted by Gasteiger charge is 2.20. The summed E-state index contributed by atoms with van der Waals surface area (Å²) in [6.45, 7) is 4.15.